The molecule has 0 saturated carbocycles. The topological polar surface area (TPSA) is 54.7 Å². The molecule has 0 radical (unpaired) electrons. The van der Waals surface area contributed by atoms with Crippen LogP contribution in [0.5, 0.6) is 0 Å². The molecule has 3 heteroatoms. The van der Waals surface area contributed by atoms with Crippen molar-refractivity contribution in [3.63, 3.8) is 0 Å². The Labute approximate surface area is 63.5 Å². The molecule has 0 spiro atoms. The van der Waals surface area contributed by atoms with Crippen LogP contribution in [-0.4, -0.2) is 9.97 Å². The largest absolute Gasteiger partial charge is 0.369 e. The lowest BCUT2D eigenvalue weighted by Gasteiger charge is -1.81. The molecule has 0 aliphatic rings. The first-order valence-corrected chi connectivity index (χ1v) is 2.74. The first-order chi connectivity index (χ1) is 6.52. The van der Waals surface area contributed by atoms with Crippen molar-refractivity contribution in [3.8, 4) is 0 Å². The van der Waals surface area contributed by atoms with Gasteiger partial charge in [-0.15, -0.1) is 0 Å². The minimum atomic E-state index is -0.297. The number of aromatic nitrogens is 2. The second-order valence-electron chi connectivity index (χ2n) is 1.85. The highest BCUT2D eigenvalue weighted by Crippen LogP contribution is 2.10. The van der Waals surface area contributed by atoms with Crippen molar-refractivity contribution in [2.45, 2.75) is 0 Å². The molecule has 10 heavy (non-hydrogen) atoms. The van der Waals surface area contributed by atoms with Gasteiger partial charge in [0.25, 0.3) is 0 Å². The number of benzene rings is 1. The number of hydrogen-bond acceptors (Lipinski definition) is 2. The number of para-hydroxylation sites is 2. The Morgan fingerprint density at radius 1 is 1.50 bits per heavy atom. The van der Waals surface area contributed by atoms with Crippen molar-refractivity contribution in [2.75, 3.05) is 5.73 Å². The first kappa shape index (κ1) is 2.62. The van der Waals surface area contributed by atoms with E-state index in [1.54, 1.807) is 0 Å². The van der Waals surface area contributed by atoms with E-state index in [0.29, 0.717) is 0 Å². The zero-order valence-electron chi connectivity index (χ0n) is 9.02. The maximum Gasteiger partial charge on any atom is 0.198 e. The summed E-state index contributed by atoms with van der Waals surface area (Å²) < 4.78 is 29.8. The molecule has 0 amide bonds. The van der Waals surface area contributed by atoms with Crippen LogP contribution in [0.15, 0.2) is 24.2 Å². The minimum absolute atomic E-state index is 0.0898. The Kier molecular flexibility index (Phi) is 0.454. The van der Waals surface area contributed by atoms with Gasteiger partial charge in [0.1, 0.15) is 0 Å². The Hall–Kier alpha value is -1.51. The summed E-state index contributed by atoms with van der Waals surface area (Å²) in [6, 6.07) is -0.903. The fourth-order valence-electron chi connectivity index (χ4n) is 0.757. The molecule has 0 atom stereocenters. The predicted molar refractivity (Wildman–Crippen MR) is 40.5 cm³/mol. The third-order valence-corrected chi connectivity index (χ3v) is 1.15. The van der Waals surface area contributed by atoms with Crippen LogP contribution in [0.4, 0.5) is 5.95 Å². The van der Waals surface area contributed by atoms with Gasteiger partial charge in [-0.2, -0.15) is 0 Å². The number of imidazole rings is 1. The number of H-pyrrole nitrogens is 1. The molecule has 0 bridgehead atoms. The second kappa shape index (κ2) is 1.73. The Balaban J connectivity index is 3.01. The molecule has 50 valence electrons. The number of rotatable bonds is 0. The molecule has 3 nitrogen and oxygen atoms in total. The van der Waals surface area contributed by atoms with Gasteiger partial charge in [0.15, 0.2) is 5.95 Å². The van der Waals surface area contributed by atoms with E-state index in [4.69, 9.17) is 11.2 Å². The van der Waals surface area contributed by atoms with Crippen LogP contribution in [0.25, 0.3) is 11.0 Å². The standard InChI is InChI=1S/C7H7N3/c8-7-9-5-3-1-2-4-6(5)10-7/h1-4H,(H3,8,9,10)/i1D,2D,3D,4D. The van der Waals surface area contributed by atoms with Gasteiger partial charge in [0.05, 0.1) is 16.5 Å². The quantitative estimate of drug-likeness (QED) is 0.572. The van der Waals surface area contributed by atoms with Crippen molar-refractivity contribution in [3.05, 3.63) is 24.2 Å². The van der Waals surface area contributed by atoms with E-state index in [9.17, 15) is 0 Å². The summed E-state index contributed by atoms with van der Waals surface area (Å²) in [6.07, 6.45) is 0. The zero-order valence-corrected chi connectivity index (χ0v) is 5.02. The van der Waals surface area contributed by atoms with Crippen molar-refractivity contribution in [1.82, 2.24) is 9.97 Å². The van der Waals surface area contributed by atoms with Gasteiger partial charge in [-0.1, -0.05) is 12.1 Å². The molecule has 0 aliphatic carbocycles. The van der Waals surface area contributed by atoms with Crippen molar-refractivity contribution in [2.24, 2.45) is 0 Å². The van der Waals surface area contributed by atoms with Crippen molar-refractivity contribution < 1.29 is 5.48 Å². The number of nitrogens with two attached hydrogens (primary N) is 1. The van der Waals surface area contributed by atoms with Gasteiger partial charge < -0.3 is 10.7 Å². The fraction of sp³-hybridized carbons (Fsp3) is 0. The summed E-state index contributed by atoms with van der Waals surface area (Å²) in [4.78, 5) is 6.38. The van der Waals surface area contributed by atoms with Crippen LogP contribution >= 0.6 is 0 Å². The number of hydrogen-bond donors (Lipinski definition) is 2. The van der Waals surface area contributed by atoms with Crippen LogP contribution in [-0.2, 0) is 0 Å². The maximum absolute atomic E-state index is 7.52. The second-order valence-corrected chi connectivity index (χ2v) is 1.85. The molecular formula is C7H7N3. The van der Waals surface area contributed by atoms with E-state index in [2.05, 4.69) is 9.97 Å². The normalized spacial score (nSPS) is 16.0. The van der Waals surface area contributed by atoms with Gasteiger partial charge in [-0.3, -0.25) is 0 Å². The molecule has 3 N–H and O–H groups in total. The van der Waals surface area contributed by atoms with Crippen LogP contribution < -0.4 is 5.73 Å². The third kappa shape index (κ3) is 0.639. The zero-order chi connectivity index (χ0) is 10.5. The fourth-order valence-corrected chi connectivity index (χ4v) is 0.757. The Morgan fingerprint density at radius 2 is 2.30 bits per heavy atom. The molecule has 1 aromatic carbocycles. The summed E-state index contributed by atoms with van der Waals surface area (Å²) in [7, 11) is 0. The van der Waals surface area contributed by atoms with Crippen LogP contribution in [0.1, 0.15) is 5.48 Å². The average molecular weight is 137 g/mol. The maximum atomic E-state index is 7.52. The number of fused-ring (bicyclic) bond motifs is 1. The lowest BCUT2D eigenvalue weighted by Crippen LogP contribution is -1.84. The number of nitrogens with one attached hydrogen (secondary N) is 1. The average Bonchev–Trinajstić information content (AvgIpc) is 2.54. The van der Waals surface area contributed by atoms with E-state index >= 15 is 0 Å². The predicted octanol–water partition coefficient (Wildman–Crippen LogP) is 1.15. The lowest BCUT2D eigenvalue weighted by atomic mass is 10.3. The van der Waals surface area contributed by atoms with E-state index in [0.717, 1.165) is 0 Å². The van der Waals surface area contributed by atoms with Crippen LogP contribution in [0.2, 0.25) is 0 Å². The van der Waals surface area contributed by atoms with Crippen molar-refractivity contribution in [1.29, 1.82) is 0 Å². The molecule has 0 saturated heterocycles. The van der Waals surface area contributed by atoms with Crippen LogP contribution in [0.3, 0.4) is 0 Å². The summed E-state index contributed by atoms with van der Waals surface area (Å²) in [5.74, 6) is 0.0898. The number of nitrogen functional groups attached to an aromatic ring is 1. The Bertz CT molecular complexity index is 474. The van der Waals surface area contributed by atoms with Gasteiger partial charge >= 0.3 is 0 Å². The smallest absolute Gasteiger partial charge is 0.198 e. The van der Waals surface area contributed by atoms with E-state index < -0.39 is 0 Å². The molecule has 1 aromatic heterocycles. The molecule has 2 aromatic rings. The number of aromatic amines is 1. The first-order valence-electron chi connectivity index (χ1n) is 4.74. The third-order valence-electron chi connectivity index (χ3n) is 1.15. The molecule has 0 unspecified atom stereocenters. The number of nitrogens with zero attached hydrogens (tertiary/aromatic N) is 1. The lowest BCUT2D eigenvalue weighted by molar-refractivity contribution is 1.35. The minimum Gasteiger partial charge on any atom is -0.369 e. The van der Waals surface area contributed by atoms with Gasteiger partial charge in [0.2, 0.25) is 0 Å². The van der Waals surface area contributed by atoms with E-state index in [1.165, 1.54) is 0 Å². The molecular weight excluding hydrogens is 126 g/mol. The highest BCUT2D eigenvalue weighted by Gasteiger charge is 1.94. The monoisotopic (exact) mass is 137 g/mol. The van der Waals surface area contributed by atoms with E-state index in [-0.39, 0.29) is 41.2 Å². The molecule has 0 aliphatic heterocycles. The van der Waals surface area contributed by atoms with Gasteiger partial charge in [-0.25, -0.2) is 4.98 Å². The summed E-state index contributed by atoms with van der Waals surface area (Å²) in [6.45, 7) is 0. The summed E-state index contributed by atoms with van der Waals surface area (Å²) in [5, 5.41) is 0. The highest BCUT2D eigenvalue weighted by atomic mass is 15.0. The SMILES string of the molecule is [2H]c1c([2H])c([2H])c2[nH]c(N)nc2c1[2H]. The molecule has 2 rings (SSSR count). The summed E-state index contributed by atoms with van der Waals surface area (Å²) >= 11 is 0. The Morgan fingerprint density at radius 3 is 3.20 bits per heavy atom. The summed E-state index contributed by atoms with van der Waals surface area (Å²) in [5.41, 5.74) is 5.79. The molecule has 1 heterocycles. The number of anilines is 1. The van der Waals surface area contributed by atoms with Crippen molar-refractivity contribution >= 4 is 17.0 Å². The van der Waals surface area contributed by atoms with E-state index in [1.807, 2.05) is 0 Å². The molecule has 0 fully saturated rings. The van der Waals surface area contributed by atoms with Gasteiger partial charge in [-0.05, 0) is 12.1 Å². The van der Waals surface area contributed by atoms with Crippen LogP contribution in [0, 0.1) is 0 Å². The highest BCUT2D eigenvalue weighted by molar-refractivity contribution is 5.76. The van der Waals surface area contributed by atoms with Gasteiger partial charge in [0, 0.05) is 0 Å².